The van der Waals surface area contributed by atoms with E-state index < -0.39 is 6.18 Å². The van der Waals surface area contributed by atoms with Crippen molar-refractivity contribution in [3.8, 4) is 44.3 Å². The summed E-state index contributed by atoms with van der Waals surface area (Å²) in [5, 5.41) is 4.61. The summed E-state index contributed by atoms with van der Waals surface area (Å²) in [7, 11) is 3.87. The van der Waals surface area contributed by atoms with Gasteiger partial charge in [0.25, 0.3) is 0 Å². The monoisotopic (exact) mass is 577 g/mol. The first kappa shape index (κ1) is 41.8. The van der Waals surface area contributed by atoms with Crippen molar-refractivity contribution in [1.82, 2.24) is 4.90 Å². The van der Waals surface area contributed by atoms with Gasteiger partial charge in [-0.25, -0.2) is 0 Å². The maximum absolute atomic E-state index is 10.4. The number of hydrogen-bond donors (Lipinski definition) is 2. The number of amides is 1. The lowest BCUT2D eigenvalue weighted by Gasteiger charge is -2.21. The van der Waals surface area contributed by atoms with Crippen LogP contribution in [0, 0.1) is 38.5 Å². The van der Waals surface area contributed by atoms with Crippen molar-refractivity contribution in [2.45, 2.75) is 64.1 Å². The zero-order chi connectivity index (χ0) is 31.9. The number of carbonyl (C=O) groups excluding carboxylic acids is 1. The molecule has 0 bridgehead atoms. The molecule has 0 radical (unpaired) electrons. The van der Waals surface area contributed by atoms with Crippen LogP contribution in [-0.2, 0) is 11.3 Å². The number of quaternary nitrogens is 2. The van der Waals surface area contributed by atoms with Gasteiger partial charge in [-0.05, 0) is 43.7 Å². The molecule has 0 spiro atoms. The number of halogens is 3. The molecule has 0 saturated carbocycles. The number of hydrogen-bond acceptors (Lipinski definition) is 2. The van der Waals surface area contributed by atoms with Crippen LogP contribution < -0.4 is 15.4 Å². The zero-order valence-corrected chi connectivity index (χ0v) is 25.0. The highest BCUT2D eigenvalue weighted by Gasteiger charge is 2.24. The molecule has 3 aliphatic rings. The van der Waals surface area contributed by atoms with E-state index in [2.05, 4.69) is 98.7 Å². The largest absolute Gasteiger partial charge is 0.496 e. The average Bonchev–Trinajstić information content (AvgIpc) is 3.57. The fourth-order valence-corrected chi connectivity index (χ4v) is 4.18. The molecule has 2 fully saturated rings. The van der Waals surface area contributed by atoms with Crippen LogP contribution >= 0.6 is 0 Å². The molecule has 4 N–H and O–H groups in total. The summed E-state index contributed by atoms with van der Waals surface area (Å²) < 4.78 is 36.5. The SMILES string of the molecule is C#C.C#C.C#C.C1=CCCC=C1.CC(F)(F)F.C[NH2+]Cc1c(OC)cccc1[C@H]1CC[NH2+]C1.O=CN1CCCCC1. The molecule has 0 aromatic heterocycles. The van der Waals surface area contributed by atoms with Gasteiger partial charge in [0.05, 0.1) is 32.8 Å². The molecule has 8 heteroatoms. The minimum atomic E-state index is -4.00. The van der Waals surface area contributed by atoms with Gasteiger partial charge < -0.3 is 20.3 Å². The molecular weight excluding hydrogens is 527 g/mol. The van der Waals surface area contributed by atoms with Crippen LogP contribution in [0.1, 0.15) is 62.5 Å². The van der Waals surface area contributed by atoms with Crippen molar-refractivity contribution >= 4 is 6.41 Å². The zero-order valence-electron chi connectivity index (χ0n) is 25.0. The van der Waals surface area contributed by atoms with Gasteiger partial charge in [-0.1, -0.05) is 36.4 Å². The van der Waals surface area contributed by atoms with Gasteiger partial charge in [-0.2, -0.15) is 13.2 Å². The molecule has 5 nitrogen and oxygen atoms in total. The highest BCUT2D eigenvalue weighted by Crippen LogP contribution is 2.29. The van der Waals surface area contributed by atoms with Crippen molar-refractivity contribution in [2.75, 3.05) is 40.3 Å². The molecular formula is C33H50F3N3O2+2. The molecule has 2 aliphatic heterocycles. The highest BCUT2D eigenvalue weighted by molar-refractivity contribution is 5.46. The lowest BCUT2D eigenvalue weighted by atomic mass is 9.93. The number of terminal acetylenes is 3. The minimum absolute atomic E-state index is 0.188. The van der Waals surface area contributed by atoms with Crippen molar-refractivity contribution in [3.05, 3.63) is 53.6 Å². The predicted molar refractivity (Wildman–Crippen MR) is 164 cm³/mol. The Labute approximate surface area is 247 Å². The first-order valence-corrected chi connectivity index (χ1v) is 13.6. The normalized spacial score (nSPS) is 16.2. The smallest absolute Gasteiger partial charge is 0.386 e. The summed E-state index contributed by atoms with van der Waals surface area (Å²) >= 11 is 0. The van der Waals surface area contributed by atoms with E-state index in [1.54, 1.807) is 7.11 Å². The van der Waals surface area contributed by atoms with Crippen molar-refractivity contribution in [3.63, 3.8) is 0 Å². The van der Waals surface area contributed by atoms with Crippen LogP contribution in [-0.4, -0.2) is 57.8 Å². The number of allylic oxidation sites excluding steroid dienone is 4. The molecule has 1 aromatic carbocycles. The highest BCUT2D eigenvalue weighted by atomic mass is 19.4. The van der Waals surface area contributed by atoms with Crippen LogP contribution in [0.5, 0.6) is 5.75 Å². The number of methoxy groups -OCH3 is 1. The number of alkyl halides is 3. The number of nitrogens with two attached hydrogens (primary N) is 2. The second-order valence-electron chi connectivity index (χ2n) is 8.86. The van der Waals surface area contributed by atoms with Gasteiger partial charge in [0.1, 0.15) is 12.3 Å². The summed E-state index contributed by atoms with van der Waals surface area (Å²) in [4.78, 5) is 11.9. The van der Waals surface area contributed by atoms with Crippen LogP contribution in [0.3, 0.4) is 0 Å². The van der Waals surface area contributed by atoms with Gasteiger partial charge in [-0.15, -0.1) is 38.5 Å². The molecule has 41 heavy (non-hydrogen) atoms. The third-order valence-corrected chi connectivity index (χ3v) is 5.83. The standard InChI is InChI=1S/C13H20N2O.C6H11NO.C6H8.C2H3F3.3C2H2/c1-14-9-12-11(10-6-7-15-8-10)4-3-5-13(12)16-2;8-6-7-4-2-1-3-5-7;1-2-4-6-5-3-1;1-2(3,4)5;3*1-2/h3-5,10,14-15H,6-9H2,1-2H3;6H,1-5H2;1-4H,5-6H2;1H3;3*1-2H/p+2/t10-;;;;;;/m0....../s1. The van der Waals surface area contributed by atoms with E-state index in [4.69, 9.17) is 4.74 Å². The van der Waals surface area contributed by atoms with E-state index in [0.29, 0.717) is 5.92 Å². The first-order valence-electron chi connectivity index (χ1n) is 13.6. The Morgan fingerprint density at radius 3 is 1.90 bits per heavy atom. The van der Waals surface area contributed by atoms with Crippen molar-refractivity contribution in [2.24, 2.45) is 0 Å². The summed E-state index contributed by atoms with van der Waals surface area (Å²) in [6.07, 6.45) is 36.9. The average molecular weight is 578 g/mol. The predicted octanol–water partition coefficient (Wildman–Crippen LogP) is 4.28. The van der Waals surface area contributed by atoms with Crippen molar-refractivity contribution < 1.29 is 33.3 Å². The minimum Gasteiger partial charge on any atom is -0.496 e. The molecule has 2 saturated heterocycles. The summed E-state index contributed by atoms with van der Waals surface area (Å²) in [5.41, 5.74) is 2.87. The molecule has 2 heterocycles. The first-order chi connectivity index (χ1) is 19.8. The Balaban J connectivity index is -0.000000487. The Morgan fingerprint density at radius 1 is 1.02 bits per heavy atom. The molecule has 1 aliphatic carbocycles. The van der Waals surface area contributed by atoms with Crippen LogP contribution in [0.4, 0.5) is 13.2 Å². The number of benzene rings is 1. The molecule has 1 atom stereocenters. The van der Waals surface area contributed by atoms with Crippen LogP contribution in [0.25, 0.3) is 0 Å². The summed E-state index contributed by atoms with van der Waals surface area (Å²) in [5.74, 6) is 1.76. The Hall–Kier alpha value is -3.64. The Morgan fingerprint density at radius 2 is 1.56 bits per heavy atom. The number of likely N-dealkylation sites (tertiary alicyclic amines) is 1. The molecule has 1 amide bonds. The molecule has 0 unspecified atom stereocenters. The van der Waals surface area contributed by atoms with Crippen molar-refractivity contribution in [1.29, 1.82) is 0 Å². The number of piperidine rings is 1. The topological polar surface area (TPSA) is 62.8 Å². The van der Waals surface area contributed by atoms with E-state index in [9.17, 15) is 18.0 Å². The summed E-state index contributed by atoms with van der Waals surface area (Å²) in [6.45, 7) is 5.64. The quantitative estimate of drug-likeness (QED) is 0.406. The third kappa shape index (κ3) is 23.9. The van der Waals surface area contributed by atoms with E-state index in [1.165, 1.54) is 62.7 Å². The maximum atomic E-state index is 10.4. The van der Waals surface area contributed by atoms with E-state index in [1.807, 2.05) is 4.90 Å². The van der Waals surface area contributed by atoms with E-state index >= 15 is 0 Å². The molecule has 228 valence electrons. The van der Waals surface area contributed by atoms with Crippen LogP contribution in [0.2, 0.25) is 0 Å². The lowest BCUT2D eigenvalue weighted by molar-refractivity contribution is -0.643. The van der Waals surface area contributed by atoms with Crippen LogP contribution in [0.15, 0.2) is 42.5 Å². The Bertz CT molecular complexity index is 846. The second kappa shape index (κ2) is 29.3. The fourth-order valence-electron chi connectivity index (χ4n) is 4.18. The van der Waals surface area contributed by atoms with Gasteiger partial charge in [0, 0.05) is 32.4 Å². The number of nitrogens with zero attached hydrogens (tertiary/aromatic N) is 1. The lowest BCUT2D eigenvalue weighted by Crippen LogP contribution is -2.81. The number of rotatable bonds is 5. The number of carbonyl (C=O) groups is 1. The third-order valence-electron chi connectivity index (χ3n) is 5.83. The van der Waals surface area contributed by atoms with Gasteiger partial charge >= 0.3 is 6.18 Å². The maximum Gasteiger partial charge on any atom is 0.386 e. The van der Waals surface area contributed by atoms with E-state index in [-0.39, 0.29) is 6.92 Å². The fraction of sp³-hybridized carbons (Fsp3) is 0.485. The molecule has 1 aromatic rings. The number of ether oxygens (including phenoxy) is 1. The Kier molecular flexibility index (Phi) is 29.9. The van der Waals surface area contributed by atoms with Gasteiger partial charge in [-0.3, -0.25) is 4.79 Å². The molecule has 4 rings (SSSR count). The summed E-state index contributed by atoms with van der Waals surface area (Å²) in [6, 6.07) is 6.46. The van der Waals surface area contributed by atoms with Gasteiger partial charge in [0.15, 0.2) is 0 Å². The van der Waals surface area contributed by atoms with E-state index in [0.717, 1.165) is 31.8 Å². The van der Waals surface area contributed by atoms with Gasteiger partial charge in [0.2, 0.25) is 6.41 Å². The second-order valence-corrected chi connectivity index (χ2v) is 8.86.